The molecule has 1 aromatic rings. The van der Waals surface area contributed by atoms with E-state index in [1.165, 1.54) is 13.8 Å². The summed E-state index contributed by atoms with van der Waals surface area (Å²) in [5.74, 6) is -0.195. The van der Waals surface area contributed by atoms with E-state index in [4.69, 9.17) is 28.2 Å². The topological polar surface area (TPSA) is 104 Å². The van der Waals surface area contributed by atoms with Crippen molar-refractivity contribution in [1.29, 1.82) is 0 Å². The van der Waals surface area contributed by atoms with Crippen LogP contribution in [-0.4, -0.2) is 43.3 Å². The molecule has 1 aliphatic rings. The molecule has 2 unspecified atom stereocenters. The van der Waals surface area contributed by atoms with Gasteiger partial charge in [-0.3, -0.25) is 0 Å². The molecular weight excluding hydrogens is 459 g/mol. The van der Waals surface area contributed by atoms with Gasteiger partial charge in [-0.05, 0) is 68.9 Å². The molecule has 9 heteroatoms. The Morgan fingerprint density at radius 1 is 1.38 bits per heavy atom. The summed E-state index contributed by atoms with van der Waals surface area (Å²) < 4.78 is 1.09. The van der Waals surface area contributed by atoms with Crippen molar-refractivity contribution in [1.82, 2.24) is 9.97 Å². The van der Waals surface area contributed by atoms with E-state index < -0.39 is 5.79 Å². The van der Waals surface area contributed by atoms with E-state index in [2.05, 4.69) is 37.9 Å². The Morgan fingerprint density at radius 2 is 1.96 bits per heavy atom. The molecule has 2 atom stereocenters. The fraction of sp³-hybridized carbons (Fsp3) is 0.667. The Bertz CT molecular complexity index is 575. The standard InChI is InChI=1S/C12H17IN4S2.C3H8O2/c1-6-9(13)11(17-12(15-6)19-2)16-8-4-3-7(5-8)10(14)18;1-3(2,4)5/h7-8H,3-5H2,1-2H3,(H2,14,18)(H,15,16,17);4-5H,1-2H3. The Hall–Kier alpha value is -0.230. The summed E-state index contributed by atoms with van der Waals surface area (Å²) >= 11 is 8.94. The van der Waals surface area contributed by atoms with Crippen LogP contribution in [0.3, 0.4) is 0 Å². The molecule has 1 fully saturated rings. The molecule has 1 aliphatic carbocycles. The van der Waals surface area contributed by atoms with Crippen molar-refractivity contribution in [3.8, 4) is 0 Å². The summed E-state index contributed by atoms with van der Waals surface area (Å²) in [5.41, 5.74) is 6.75. The summed E-state index contributed by atoms with van der Waals surface area (Å²) in [5, 5.41) is 20.5. The lowest BCUT2D eigenvalue weighted by Crippen LogP contribution is -2.22. The van der Waals surface area contributed by atoms with Crippen LogP contribution >= 0.6 is 46.6 Å². The van der Waals surface area contributed by atoms with Crippen LogP contribution in [0.15, 0.2) is 5.16 Å². The Kier molecular flexibility index (Phi) is 8.60. The zero-order chi connectivity index (χ0) is 18.5. The number of thioether (sulfide) groups is 1. The SMILES string of the molecule is CC(C)(O)O.CSc1nc(C)c(I)c(NC2CCC(C(N)=S)C2)n1. The largest absolute Gasteiger partial charge is 0.393 e. The van der Waals surface area contributed by atoms with Gasteiger partial charge in [-0.15, -0.1) is 0 Å². The van der Waals surface area contributed by atoms with Crippen LogP contribution in [0.4, 0.5) is 5.82 Å². The summed E-state index contributed by atoms with van der Waals surface area (Å²) in [6, 6.07) is 0.407. The average molecular weight is 484 g/mol. The van der Waals surface area contributed by atoms with Gasteiger partial charge in [0.25, 0.3) is 0 Å². The average Bonchev–Trinajstić information content (AvgIpc) is 2.90. The number of hydrogen-bond donors (Lipinski definition) is 4. The molecule has 136 valence electrons. The molecule has 0 radical (unpaired) electrons. The molecule has 1 heterocycles. The molecule has 6 nitrogen and oxygen atoms in total. The number of halogens is 1. The van der Waals surface area contributed by atoms with Crippen molar-refractivity contribution in [3.05, 3.63) is 9.26 Å². The van der Waals surface area contributed by atoms with Gasteiger partial charge >= 0.3 is 0 Å². The molecular formula is C15H25IN4O2S2. The van der Waals surface area contributed by atoms with Crippen molar-refractivity contribution in [2.75, 3.05) is 11.6 Å². The predicted molar refractivity (Wildman–Crippen MR) is 111 cm³/mol. The van der Waals surface area contributed by atoms with E-state index in [0.717, 1.165) is 39.5 Å². The normalized spacial score (nSPS) is 20.3. The van der Waals surface area contributed by atoms with Crippen LogP contribution in [0, 0.1) is 16.4 Å². The van der Waals surface area contributed by atoms with Crippen molar-refractivity contribution < 1.29 is 10.2 Å². The first kappa shape index (κ1) is 21.8. The molecule has 0 aromatic carbocycles. The molecule has 0 bridgehead atoms. The number of rotatable bonds is 4. The van der Waals surface area contributed by atoms with Crippen LogP contribution in [0.1, 0.15) is 38.8 Å². The van der Waals surface area contributed by atoms with E-state index in [-0.39, 0.29) is 0 Å². The van der Waals surface area contributed by atoms with Gasteiger partial charge < -0.3 is 21.3 Å². The number of thiocarbonyl (C=S) groups is 1. The minimum absolute atomic E-state index is 0.369. The molecule has 0 amide bonds. The zero-order valence-electron chi connectivity index (χ0n) is 14.3. The third-order valence-corrected chi connectivity index (χ3v) is 5.53. The lowest BCUT2D eigenvalue weighted by atomic mass is 10.1. The lowest BCUT2D eigenvalue weighted by molar-refractivity contribution is -0.127. The van der Waals surface area contributed by atoms with Crippen LogP contribution in [0.2, 0.25) is 0 Å². The van der Waals surface area contributed by atoms with Crippen molar-refractivity contribution in [3.63, 3.8) is 0 Å². The maximum Gasteiger partial charge on any atom is 0.189 e. The van der Waals surface area contributed by atoms with Crippen LogP contribution in [0.25, 0.3) is 0 Å². The summed E-state index contributed by atoms with van der Waals surface area (Å²) in [7, 11) is 0. The molecule has 0 aliphatic heterocycles. The van der Waals surface area contributed by atoms with Gasteiger partial charge in [0, 0.05) is 12.0 Å². The number of aliphatic hydroxyl groups is 2. The highest BCUT2D eigenvalue weighted by atomic mass is 127. The van der Waals surface area contributed by atoms with Gasteiger partial charge in [0.15, 0.2) is 10.9 Å². The van der Waals surface area contributed by atoms with Gasteiger partial charge in [0.05, 0.1) is 14.3 Å². The van der Waals surface area contributed by atoms with E-state index in [1.54, 1.807) is 11.8 Å². The van der Waals surface area contributed by atoms with E-state index in [1.807, 2.05) is 13.2 Å². The van der Waals surface area contributed by atoms with Crippen LogP contribution in [0.5, 0.6) is 0 Å². The fourth-order valence-electron chi connectivity index (χ4n) is 2.28. The number of nitrogens with one attached hydrogen (secondary N) is 1. The van der Waals surface area contributed by atoms with Crippen LogP contribution < -0.4 is 11.1 Å². The Labute approximate surface area is 166 Å². The number of hydrogen-bond acceptors (Lipinski definition) is 7. The first-order valence-electron chi connectivity index (χ1n) is 7.60. The van der Waals surface area contributed by atoms with Gasteiger partial charge in [-0.2, -0.15) is 0 Å². The maximum absolute atomic E-state index is 8.08. The molecule has 1 saturated carbocycles. The Morgan fingerprint density at radius 3 is 2.42 bits per heavy atom. The molecule has 24 heavy (non-hydrogen) atoms. The number of anilines is 1. The molecule has 0 spiro atoms. The Balaban J connectivity index is 0.000000505. The number of nitrogens with zero attached hydrogens (tertiary/aromatic N) is 2. The van der Waals surface area contributed by atoms with E-state index >= 15 is 0 Å². The third kappa shape index (κ3) is 7.77. The number of aromatic nitrogens is 2. The number of aryl methyl sites for hydroxylation is 1. The minimum Gasteiger partial charge on any atom is -0.393 e. The van der Waals surface area contributed by atoms with Crippen LogP contribution in [-0.2, 0) is 0 Å². The molecule has 2 rings (SSSR count). The molecule has 0 saturated heterocycles. The first-order valence-corrected chi connectivity index (χ1v) is 10.3. The second-order valence-corrected chi connectivity index (χ2v) is 8.53. The summed E-state index contributed by atoms with van der Waals surface area (Å²) in [6.45, 7) is 4.61. The van der Waals surface area contributed by atoms with Gasteiger partial charge in [0.2, 0.25) is 0 Å². The lowest BCUT2D eigenvalue weighted by Gasteiger charge is -2.16. The minimum atomic E-state index is -1.50. The van der Waals surface area contributed by atoms with E-state index in [0.29, 0.717) is 16.9 Å². The van der Waals surface area contributed by atoms with E-state index in [9.17, 15) is 0 Å². The second-order valence-electron chi connectivity index (χ2n) is 6.21. The van der Waals surface area contributed by atoms with Gasteiger partial charge in [0.1, 0.15) is 5.82 Å². The monoisotopic (exact) mass is 484 g/mol. The summed E-state index contributed by atoms with van der Waals surface area (Å²) in [6.07, 6.45) is 5.16. The highest BCUT2D eigenvalue weighted by molar-refractivity contribution is 14.1. The summed E-state index contributed by atoms with van der Waals surface area (Å²) in [4.78, 5) is 9.63. The zero-order valence-corrected chi connectivity index (χ0v) is 18.1. The highest BCUT2D eigenvalue weighted by Gasteiger charge is 2.27. The smallest absolute Gasteiger partial charge is 0.189 e. The van der Waals surface area contributed by atoms with Crippen molar-refractivity contribution >= 4 is 57.4 Å². The van der Waals surface area contributed by atoms with Crippen molar-refractivity contribution in [2.45, 2.75) is 57.0 Å². The van der Waals surface area contributed by atoms with Gasteiger partial charge in [-0.25, -0.2) is 9.97 Å². The second kappa shape index (κ2) is 9.46. The molecule has 1 aromatic heterocycles. The number of nitrogens with two attached hydrogens (primary N) is 1. The quantitative estimate of drug-likeness (QED) is 0.170. The highest BCUT2D eigenvalue weighted by Crippen LogP contribution is 2.30. The van der Waals surface area contributed by atoms with Gasteiger partial charge in [-0.1, -0.05) is 24.0 Å². The fourth-order valence-corrected chi connectivity index (χ4v) is 3.31. The van der Waals surface area contributed by atoms with Crippen molar-refractivity contribution in [2.24, 2.45) is 11.7 Å². The predicted octanol–water partition coefficient (Wildman–Crippen LogP) is 2.69. The first-order chi connectivity index (χ1) is 11.0. The maximum atomic E-state index is 8.08. The molecule has 5 N–H and O–H groups in total. The third-order valence-electron chi connectivity index (χ3n) is 3.35.